The van der Waals surface area contributed by atoms with Gasteiger partial charge in [-0.2, -0.15) is 18.3 Å². The molecule has 2 aromatic rings. The Morgan fingerprint density at radius 1 is 1.35 bits per heavy atom. The Morgan fingerprint density at radius 3 is 2.58 bits per heavy atom. The maximum Gasteiger partial charge on any atom is 0.431 e. The molecule has 0 aliphatic carbocycles. The predicted octanol–water partition coefficient (Wildman–Crippen LogP) is 5.14. The van der Waals surface area contributed by atoms with Crippen LogP contribution in [0.3, 0.4) is 0 Å². The highest BCUT2D eigenvalue weighted by molar-refractivity contribution is 7.14. The first kappa shape index (κ1) is 20.2. The lowest BCUT2D eigenvalue weighted by Gasteiger charge is -2.12. The molecule has 0 saturated carbocycles. The number of aromatic nitrogens is 1. The number of anilines is 1. The number of carbonyl (C=O) groups excluding carboxylic acids is 1. The molecule has 0 aliphatic heterocycles. The molecule has 1 N–H and O–H groups in total. The average molecular weight is 406 g/mol. The molecule has 0 unspecified atom stereocenters. The molecule has 0 aliphatic rings. The molecule has 0 bridgehead atoms. The van der Waals surface area contributed by atoms with Crippen molar-refractivity contribution in [2.45, 2.75) is 32.5 Å². The molecule has 0 atom stereocenters. The number of rotatable bonds is 6. The van der Waals surface area contributed by atoms with Crippen LogP contribution in [0.15, 0.2) is 34.7 Å². The zero-order valence-electron chi connectivity index (χ0n) is 13.8. The van der Waals surface area contributed by atoms with Gasteiger partial charge < -0.3 is 4.74 Å². The molecule has 1 aromatic carbocycles. The molecule has 10 heteroatoms. The first-order chi connectivity index (χ1) is 12.1. The van der Waals surface area contributed by atoms with Gasteiger partial charge in [-0.15, -0.1) is 11.3 Å². The third-order valence-corrected chi connectivity index (χ3v) is 3.94. The number of nitrogens with one attached hydrogen (secondary N) is 1. The molecule has 0 spiro atoms. The molecule has 140 valence electrons. The molecular formula is C16H15ClF3N3O2S. The first-order valence-corrected chi connectivity index (χ1v) is 8.71. The first-order valence-electron chi connectivity index (χ1n) is 7.46. The van der Waals surface area contributed by atoms with Crippen molar-refractivity contribution in [2.75, 3.05) is 5.43 Å². The molecule has 0 saturated heterocycles. The molecule has 0 fully saturated rings. The number of carbonyl (C=O) groups is 1. The standard InChI is InChI=1S/C16H15ClF3N3O2S/c1-9(2)25-14(24)7-13(16(18,19)20)22-23-15-21-12(8-26-15)10-3-5-11(17)6-4-10/h3-6,8-9H,7H2,1-2H3,(H,21,23)/b22-13-. The smallest absolute Gasteiger partial charge is 0.431 e. The van der Waals surface area contributed by atoms with Crippen LogP contribution in [0.1, 0.15) is 20.3 Å². The molecule has 1 heterocycles. The maximum absolute atomic E-state index is 13.0. The number of esters is 1. The van der Waals surface area contributed by atoms with E-state index in [9.17, 15) is 18.0 Å². The number of hydrogen-bond donors (Lipinski definition) is 1. The van der Waals surface area contributed by atoms with Gasteiger partial charge in [0.05, 0.1) is 18.2 Å². The van der Waals surface area contributed by atoms with Crippen LogP contribution >= 0.6 is 22.9 Å². The van der Waals surface area contributed by atoms with Crippen molar-refractivity contribution in [1.29, 1.82) is 0 Å². The van der Waals surface area contributed by atoms with Gasteiger partial charge in [0.25, 0.3) is 0 Å². The van der Waals surface area contributed by atoms with Crippen LogP contribution in [-0.4, -0.2) is 28.9 Å². The van der Waals surface area contributed by atoms with E-state index in [1.807, 2.05) is 0 Å². The van der Waals surface area contributed by atoms with Crippen LogP contribution in [-0.2, 0) is 9.53 Å². The van der Waals surface area contributed by atoms with Gasteiger partial charge in [-0.05, 0) is 26.0 Å². The Kier molecular flexibility index (Phi) is 6.60. The number of thiazole rings is 1. The monoisotopic (exact) mass is 405 g/mol. The normalized spacial score (nSPS) is 12.3. The minimum absolute atomic E-state index is 0.161. The third-order valence-electron chi connectivity index (χ3n) is 2.94. The quantitative estimate of drug-likeness (QED) is 0.411. The van der Waals surface area contributed by atoms with Crippen LogP contribution in [0.5, 0.6) is 0 Å². The van der Waals surface area contributed by atoms with Crippen molar-refractivity contribution in [1.82, 2.24) is 4.98 Å². The van der Waals surface area contributed by atoms with E-state index < -0.39 is 30.4 Å². The van der Waals surface area contributed by atoms with Crippen molar-refractivity contribution in [3.8, 4) is 11.3 Å². The van der Waals surface area contributed by atoms with Crippen LogP contribution in [0.25, 0.3) is 11.3 Å². The topological polar surface area (TPSA) is 63.6 Å². The summed E-state index contributed by atoms with van der Waals surface area (Å²) in [4.78, 5) is 15.6. The highest BCUT2D eigenvalue weighted by Crippen LogP contribution is 2.27. The second kappa shape index (κ2) is 8.50. The van der Waals surface area contributed by atoms with Crippen LogP contribution < -0.4 is 5.43 Å². The number of ether oxygens (including phenoxy) is 1. The molecule has 1 aromatic heterocycles. The fraction of sp³-hybridized carbons (Fsp3) is 0.312. The van der Waals surface area contributed by atoms with Gasteiger partial charge in [-0.1, -0.05) is 23.7 Å². The molecule has 0 radical (unpaired) electrons. The van der Waals surface area contributed by atoms with E-state index in [0.717, 1.165) is 16.9 Å². The summed E-state index contributed by atoms with van der Waals surface area (Å²) < 4.78 is 43.8. The second-order valence-corrected chi connectivity index (χ2v) is 6.72. The number of halogens is 4. The number of benzene rings is 1. The lowest BCUT2D eigenvalue weighted by molar-refractivity contribution is -0.146. The van der Waals surface area contributed by atoms with E-state index in [1.54, 1.807) is 43.5 Å². The van der Waals surface area contributed by atoms with Gasteiger partial charge in [-0.3, -0.25) is 10.2 Å². The zero-order chi connectivity index (χ0) is 19.3. The lowest BCUT2D eigenvalue weighted by Crippen LogP contribution is -2.28. The fourth-order valence-electron chi connectivity index (χ4n) is 1.84. The van der Waals surface area contributed by atoms with Gasteiger partial charge in [0.2, 0.25) is 5.13 Å². The summed E-state index contributed by atoms with van der Waals surface area (Å²) in [6.45, 7) is 3.10. The van der Waals surface area contributed by atoms with E-state index in [2.05, 4.69) is 15.5 Å². The Hall–Kier alpha value is -2.13. The summed E-state index contributed by atoms with van der Waals surface area (Å²) >= 11 is 6.90. The van der Waals surface area contributed by atoms with E-state index in [4.69, 9.17) is 16.3 Å². The fourth-order valence-corrected chi connectivity index (χ4v) is 2.63. The van der Waals surface area contributed by atoms with E-state index in [-0.39, 0.29) is 5.13 Å². The second-order valence-electron chi connectivity index (χ2n) is 5.43. The van der Waals surface area contributed by atoms with Crippen molar-refractivity contribution in [2.24, 2.45) is 5.10 Å². The molecule has 2 rings (SSSR count). The third kappa shape index (κ3) is 5.99. The molecule has 26 heavy (non-hydrogen) atoms. The van der Waals surface area contributed by atoms with Crippen LogP contribution in [0.4, 0.5) is 18.3 Å². The highest BCUT2D eigenvalue weighted by atomic mass is 35.5. The van der Waals surface area contributed by atoms with Crippen molar-refractivity contribution >= 4 is 39.8 Å². The SMILES string of the molecule is CC(C)OC(=O)C/C(=N/Nc1nc(-c2ccc(Cl)cc2)cs1)C(F)(F)F. The highest BCUT2D eigenvalue weighted by Gasteiger charge is 2.38. The Morgan fingerprint density at radius 2 is 2.00 bits per heavy atom. The average Bonchev–Trinajstić information content (AvgIpc) is 2.99. The van der Waals surface area contributed by atoms with E-state index >= 15 is 0 Å². The number of hydrogen-bond acceptors (Lipinski definition) is 6. The maximum atomic E-state index is 13.0. The van der Waals surface area contributed by atoms with Crippen LogP contribution in [0, 0.1) is 0 Å². The summed E-state index contributed by atoms with van der Waals surface area (Å²) in [6.07, 6.45) is -6.26. The van der Waals surface area contributed by atoms with Gasteiger partial charge in [-0.25, -0.2) is 4.98 Å². The van der Waals surface area contributed by atoms with Crippen molar-refractivity contribution < 1.29 is 22.7 Å². The minimum atomic E-state index is -4.76. The largest absolute Gasteiger partial charge is 0.463 e. The van der Waals surface area contributed by atoms with Crippen LogP contribution in [0.2, 0.25) is 5.02 Å². The Labute approximate surface area is 156 Å². The molecule has 0 amide bonds. The van der Waals surface area contributed by atoms with Gasteiger partial charge in [0, 0.05) is 16.0 Å². The van der Waals surface area contributed by atoms with E-state index in [0.29, 0.717) is 10.7 Å². The molecular weight excluding hydrogens is 391 g/mol. The minimum Gasteiger partial charge on any atom is -0.463 e. The summed E-state index contributed by atoms with van der Waals surface area (Å²) in [5, 5.41) is 5.70. The van der Waals surface area contributed by atoms with Gasteiger partial charge in [0.15, 0.2) is 5.71 Å². The lowest BCUT2D eigenvalue weighted by atomic mass is 10.2. The Balaban J connectivity index is 2.11. The van der Waals surface area contributed by atoms with Gasteiger partial charge >= 0.3 is 12.1 Å². The number of nitrogens with zero attached hydrogens (tertiary/aromatic N) is 2. The van der Waals surface area contributed by atoms with Gasteiger partial charge in [0.1, 0.15) is 0 Å². The number of hydrazone groups is 1. The zero-order valence-corrected chi connectivity index (χ0v) is 15.4. The summed E-state index contributed by atoms with van der Waals surface area (Å²) in [7, 11) is 0. The Bertz CT molecular complexity index is 789. The van der Waals surface area contributed by atoms with E-state index in [1.165, 1.54) is 0 Å². The predicted molar refractivity (Wildman–Crippen MR) is 95.5 cm³/mol. The number of alkyl halides is 3. The summed E-state index contributed by atoms with van der Waals surface area (Å²) in [5.41, 5.74) is 2.30. The van der Waals surface area contributed by atoms with Crippen molar-refractivity contribution in [3.63, 3.8) is 0 Å². The summed E-state index contributed by atoms with van der Waals surface area (Å²) in [6, 6.07) is 6.86. The molecule has 5 nitrogen and oxygen atoms in total. The van der Waals surface area contributed by atoms with Crippen molar-refractivity contribution in [3.05, 3.63) is 34.7 Å². The summed E-state index contributed by atoms with van der Waals surface area (Å²) in [5.74, 6) is -1.00.